The lowest BCUT2D eigenvalue weighted by atomic mass is 9.74. The van der Waals surface area contributed by atoms with Crippen molar-refractivity contribution in [1.29, 1.82) is 5.26 Å². The molecule has 2 aromatic rings. The van der Waals surface area contributed by atoms with Crippen LogP contribution in [0.3, 0.4) is 0 Å². The van der Waals surface area contributed by atoms with Gasteiger partial charge >= 0.3 is 0 Å². The zero-order valence-corrected chi connectivity index (χ0v) is 16.9. The van der Waals surface area contributed by atoms with Crippen LogP contribution in [0.5, 0.6) is 5.75 Å². The number of aromatic nitrogens is 2. The number of piperidine rings is 3. The van der Waals surface area contributed by atoms with E-state index in [0.29, 0.717) is 29.6 Å². The van der Waals surface area contributed by atoms with Crippen LogP contribution in [0.15, 0.2) is 36.7 Å². The largest absolute Gasteiger partial charge is 0.497 e. The van der Waals surface area contributed by atoms with Gasteiger partial charge in [-0.15, -0.1) is 0 Å². The Labute approximate surface area is 172 Å². The predicted molar refractivity (Wildman–Crippen MR) is 111 cm³/mol. The number of fused-ring (bicyclic) bond motifs is 4. The first-order chi connectivity index (χ1) is 14.3. The average Bonchev–Trinajstić information content (AvgIpc) is 2.78. The topological polar surface area (TPSA) is 65.3 Å². The lowest BCUT2D eigenvalue weighted by molar-refractivity contribution is -0.0201. The highest BCUT2D eigenvalue weighted by Gasteiger charge is 2.45. The predicted octanol–water partition coefficient (Wildman–Crippen LogP) is 3.41. The molecule has 0 unspecified atom stereocenters. The summed E-state index contributed by atoms with van der Waals surface area (Å²) in [5, 5.41) is 9.44. The number of anilines is 1. The average molecular weight is 390 g/mol. The van der Waals surface area contributed by atoms with Gasteiger partial charge in [-0.25, -0.2) is 9.97 Å². The fourth-order valence-electron chi connectivity index (χ4n) is 5.81. The van der Waals surface area contributed by atoms with Crippen molar-refractivity contribution in [2.24, 2.45) is 11.8 Å². The van der Waals surface area contributed by atoms with E-state index in [1.807, 2.05) is 0 Å². The molecule has 1 aromatic heterocycles. The highest BCUT2D eigenvalue weighted by Crippen LogP contribution is 2.45. The second-order valence-corrected chi connectivity index (χ2v) is 8.59. The summed E-state index contributed by atoms with van der Waals surface area (Å²) in [6.45, 7) is 3.05. The molecule has 3 fully saturated rings. The van der Waals surface area contributed by atoms with Crippen LogP contribution in [-0.2, 0) is 0 Å². The quantitative estimate of drug-likeness (QED) is 0.802. The Morgan fingerprint density at radius 3 is 2.69 bits per heavy atom. The first-order valence-corrected chi connectivity index (χ1v) is 10.6. The van der Waals surface area contributed by atoms with Crippen LogP contribution in [0.25, 0.3) is 0 Å². The van der Waals surface area contributed by atoms with E-state index in [4.69, 9.17) is 4.74 Å². The summed E-state index contributed by atoms with van der Waals surface area (Å²) in [7, 11) is 1.72. The molecule has 4 heterocycles. The molecule has 150 valence electrons. The van der Waals surface area contributed by atoms with Crippen LogP contribution in [0.1, 0.15) is 43.0 Å². The van der Waals surface area contributed by atoms with Gasteiger partial charge in [-0.1, -0.05) is 12.1 Å². The van der Waals surface area contributed by atoms with Crippen molar-refractivity contribution in [3.8, 4) is 11.8 Å². The minimum absolute atomic E-state index is 0.448. The maximum atomic E-state index is 9.44. The van der Waals surface area contributed by atoms with Gasteiger partial charge in [-0.3, -0.25) is 4.90 Å². The molecule has 3 aliphatic rings. The maximum absolute atomic E-state index is 9.44. The van der Waals surface area contributed by atoms with Gasteiger partial charge in [-0.05, 0) is 55.2 Å². The van der Waals surface area contributed by atoms with Crippen molar-refractivity contribution in [1.82, 2.24) is 14.9 Å². The second-order valence-electron chi connectivity index (χ2n) is 8.59. The van der Waals surface area contributed by atoms with Gasteiger partial charge in [-0.2, -0.15) is 5.26 Å². The number of ether oxygens (including phenoxy) is 1. The molecule has 0 radical (unpaired) electrons. The standard InChI is InChI=1S/C23H27N5O/c1-29-19-7-5-17(6-8-19)21-3-2-4-22-18-11-16(14-28(21)22)13-27(15-18)23-20(12-24)25-9-10-26-23/h5-10,16,18,21-22H,2-4,11,13-15H2,1H3/t16-,18+,21+,22-/m0/s1. The van der Waals surface area contributed by atoms with Crippen molar-refractivity contribution in [2.45, 2.75) is 37.8 Å². The first-order valence-electron chi connectivity index (χ1n) is 10.6. The fourth-order valence-corrected chi connectivity index (χ4v) is 5.81. The van der Waals surface area contributed by atoms with E-state index in [2.05, 4.69) is 50.1 Å². The van der Waals surface area contributed by atoms with Gasteiger partial charge in [0.25, 0.3) is 0 Å². The molecule has 5 rings (SSSR count). The summed E-state index contributed by atoms with van der Waals surface area (Å²) < 4.78 is 5.34. The molecular weight excluding hydrogens is 362 g/mol. The molecule has 3 saturated heterocycles. The van der Waals surface area contributed by atoms with Gasteiger partial charge in [0.2, 0.25) is 0 Å². The molecule has 0 amide bonds. The minimum atomic E-state index is 0.448. The Balaban J connectivity index is 1.38. The van der Waals surface area contributed by atoms with Crippen molar-refractivity contribution in [2.75, 3.05) is 31.6 Å². The summed E-state index contributed by atoms with van der Waals surface area (Å²) in [5.41, 5.74) is 1.86. The smallest absolute Gasteiger partial charge is 0.183 e. The number of methoxy groups -OCH3 is 1. The third-order valence-electron chi connectivity index (χ3n) is 6.97. The Hall–Kier alpha value is -2.65. The fraction of sp³-hybridized carbons (Fsp3) is 0.522. The lowest BCUT2D eigenvalue weighted by Gasteiger charge is -2.55. The van der Waals surface area contributed by atoms with Crippen LogP contribution in [-0.4, -0.2) is 47.7 Å². The molecular formula is C23H27N5O. The van der Waals surface area contributed by atoms with Gasteiger partial charge in [0.1, 0.15) is 11.8 Å². The lowest BCUT2D eigenvalue weighted by Crippen LogP contribution is -2.60. The summed E-state index contributed by atoms with van der Waals surface area (Å²) in [5.74, 6) is 2.92. The third-order valence-corrected chi connectivity index (χ3v) is 6.97. The monoisotopic (exact) mass is 389 g/mol. The van der Waals surface area contributed by atoms with E-state index < -0.39 is 0 Å². The third kappa shape index (κ3) is 3.34. The minimum Gasteiger partial charge on any atom is -0.497 e. The van der Waals surface area contributed by atoms with Crippen molar-refractivity contribution in [3.63, 3.8) is 0 Å². The highest BCUT2D eigenvalue weighted by atomic mass is 16.5. The van der Waals surface area contributed by atoms with E-state index in [1.165, 1.54) is 31.2 Å². The Morgan fingerprint density at radius 1 is 1.07 bits per heavy atom. The molecule has 4 atom stereocenters. The molecule has 0 aliphatic carbocycles. The zero-order chi connectivity index (χ0) is 19.8. The van der Waals surface area contributed by atoms with E-state index >= 15 is 0 Å². The number of nitriles is 1. The number of hydrogen-bond donors (Lipinski definition) is 0. The number of rotatable bonds is 3. The molecule has 0 N–H and O–H groups in total. The number of nitrogens with zero attached hydrogens (tertiary/aromatic N) is 5. The normalized spacial score (nSPS) is 29.0. The molecule has 0 saturated carbocycles. The number of hydrogen-bond acceptors (Lipinski definition) is 6. The number of benzene rings is 1. The van der Waals surface area contributed by atoms with Crippen molar-refractivity contribution in [3.05, 3.63) is 47.9 Å². The van der Waals surface area contributed by atoms with Crippen molar-refractivity contribution >= 4 is 5.82 Å². The van der Waals surface area contributed by atoms with Gasteiger partial charge in [0.15, 0.2) is 11.5 Å². The molecule has 29 heavy (non-hydrogen) atoms. The summed E-state index contributed by atoms with van der Waals surface area (Å²) in [4.78, 5) is 13.8. The van der Waals surface area contributed by atoms with E-state index in [1.54, 1.807) is 19.5 Å². The Kier molecular flexibility index (Phi) is 4.84. The van der Waals surface area contributed by atoms with Crippen LogP contribution >= 0.6 is 0 Å². The van der Waals surface area contributed by atoms with Gasteiger partial charge < -0.3 is 9.64 Å². The summed E-state index contributed by atoms with van der Waals surface area (Å²) in [6, 6.07) is 12.0. The van der Waals surface area contributed by atoms with E-state index in [0.717, 1.165) is 31.2 Å². The first kappa shape index (κ1) is 18.4. The molecule has 1 aromatic carbocycles. The van der Waals surface area contributed by atoms with Crippen molar-refractivity contribution < 1.29 is 4.74 Å². The highest BCUT2D eigenvalue weighted by molar-refractivity contribution is 5.50. The van der Waals surface area contributed by atoms with E-state index in [9.17, 15) is 5.26 Å². The summed E-state index contributed by atoms with van der Waals surface area (Å²) >= 11 is 0. The second kappa shape index (κ2) is 7.64. The van der Waals surface area contributed by atoms with Crippen LogP contribution in [0.4, 0.5) is 5.82 Å². The van der Waals surface area contributed by atoms with Gasteiger partial charge in [0.05, 0.1) is 7.11 Å². The van der Waals surface area contributed by atoms with Gasteiger partial charge in [0, 0.05) is 44.1 Å². The molecule has 2 bridgehead atoms. The molecule has 3 aliphatic heterocycles. The zero-order valence-electron chi connectivity index (χ0n) is 16.9. The SMILES string of the molecule is COc1ccc([C@H]2CCC[C@H]3[C@@H]4C[C@@H](CN(c5nccnc5C#N)C4)CN23)cc1. The van der Waals surface area contributed by atoms with Crippen LogP contribution in [0.2, 0.25) is 0 Å². The Morgan fingerprint density at radius 2 is 1.90 bits per heavy atom. The summed E-state index contributed by atoms with van der Waals surface area (Å²) in [6.07, 6.45) is 8.36. The molecule has 0 spiro atoms. The van der Waals surface area contributed by atoms with Crippen LogP contribution < -0.4 is 9.64 Å². The Bertz CT molecular complexity index is 908. The maximum Gasteiger partial charge on any atom is 0.183 e. The molecule has 6 nitrogen and oxygen atoms in total. The molecule has 6 heteroatoms. The van der Waals surface area contributed by atoms with Crippen LogP contribution in [0, 0.1) is 23.2 Å². The van der Waals surface area contributed by atoms with E-state index in [-0.39, 0.29) is 0 Å².